The molecule has 1 amide bonds. The van der Waals surface area contributed by atoms with E-state index in [0.29, 0.717) is 0 Å². The van der Waals surface area contributed by atoms with Crippen molar-refractivity contribution < 1.29 is 4.79 Å². The second kappa shape index (κ2) is 6.79. The third-order valence-corrected chi connectivity index (χ3v) is 4.36. The summed E-state index contributed by atoms with van der Waals surface area (Å²) in [4.78, 5) is 19.6. The van der Waals surface area contributed by atoms with Crippen LogP contribution in [-0.4, -0.2) is 28.1 Å². The van der Waals surface area contributed by atoms with Gasteiger partial charge in [0.15, 0.2) is 5.17 Å². The van der Waals surface area contributed by atoms with Gasteiger partial charge in [-0.3, -0.25) is 14.7 Å². The van der Waals surface area contributed by atoms with E-state index in [1.165, 1.54) is 11.8 Å². The molecular weight excluding hydrogens is 348 g/mol. The predicted octanol–water partition coefficient (Wildman–Crippen LogP) is 4.54. The Kier molecular flexibility index (Phi) is 5.27. The maximum absolute atomic E-state index is 12.6. The van der Waals surface area contributed by atoms with Crippen LogP contribution in [0, 0.1) is 0 Å². The van der Waals surface area contributed by atoms with E-state index in [-0.39, 0.29) is 18.0 Å². The largest absolute Gasteiger partial charge is 0.284 e. The molecule has 0 spiro atoms. The molecular formula is C16H19BrN2OS. The van der Waals surface area contributed by atoms with Crippen LogP contribution >= 0.6 is 27.7 Å². The molecule has 1 aliphatic rings. The monoisotopic (exact) mass is 366 g/mol. The first kappa shape index (κ1) is 16.3. The molecule has 0 atom stereocenters. The quantitative estimate of drug-likeness (QED) is 0.735. The normalized spacial score (nSPS) is 19.6. The van der Waals surface area contributed by atoms with Crippen molar-refractivity contribution in [1.82, 2.24) is 4.90 Å². The van der Waals surface area contributed by atoms with E-state index in [0.717, 1.165) is 20.1 Å². The fourth-order valence-corrected chi connectivity index (χ4v) is 3.65. The van der Waals surface area contributed by atoms with E-state index in [4.69, 9.17) is 0 Å². The van der Waals surface area contributed by atoms with Crippen molar-refractivity contribution in [1.29, 1.82) is 0 Å². The number of benzene rings is 1. The van der Waals surface area contributed by atoms with Gasteiger partial charge in [-0.25, -0.2) is 0 Å². The molecule has 1 saturated heterocycles. The van der Waals surface area contributed by atoms with E-state index in [9.17, 15) is 4.79 Å². The van der Waals surface area contributed by atoms with Gasteiger partial charge in [0.1, 0.15) is 0 Å². The number of carbonyl (C=O) groups is 1. The van der Waals surface area contributed by atoms with Crippen molar-refractivity contribution >= 4 is 44.8 Å². The highest BCUT2D eigenvalue weighted by atomic mass is 79.9. The summed E-state index contributed by atoms with van der Waals surface area (Å²) >= 11 is 4.91. The summed E-state index contributed by atoms with van der Waals surface area (Å²) in [5, 5.41) is 0.797. The fourth-order valence-electron chi connectivity index (χ4n) is 2.00. The molecule has 2 rings (SSSR count). The fraction of sp³-hybridized carbons (Fsp3) is 0.375. The lowest BCUT2D eigenvalue weighted by Crippen LogP contribution is -2.35. The van der Waals surface area contributed by atoms with E-state index in [2.05, 4.69) is 20.9 Å². The van der Waals surface area contributed by atoms with Crippen molar-refractivity contribution in [2.75, 3.05) is 0 Å². The Morgan fingerprint density at radius 2 is 2.00 bits per heavy atom. The Morgan fingerprint density at radius 3 is 2.57 bits per heavy atom. The summed E-state index contributed by atoms with van der Waals surface area (Å²) in [6.07, 6.45) is 1.93. The molecule has 1 aromatic rings. The Hall–Kier alpha value is -1.07. The van der Waals surface area contributed by atoms with Gasteiger partial charge in [-0.05, 0) is 63.2 Å². The lowest BCUT2D eigenvalue weighted by Gasteiger charge is -2.20. The molecule has 0 radical (unpaired) electrons. The highest BCUT2D eigenvalue weighted by molar-refractivity contribution is 9.10. The van der Waals surface area contributed by atoms with Crippen LogP contribution in [-0.2, 0) is 4.79 Å². The molecule has 5 heteroatoms. The Morgan fingerprint density at radius 1 is 1.29 bits per heavy atom. The third kappa shape index (κ3) is 3.98. The van der Waals surface area contributed by atoms with Gasteiger partial charge in [-0.1, -0.05) is 28.1 Å². The van der Waals surface area contributed by atoms with Crippen molar-refractivity contribution in [3.8, 4) is 0 Å². The molecule has 3 nitrogen and oxygen atoms in total. The minimum absolute atomic E-state index is 0.0365. The molecule has 1 fully saturated rings. The standard InChI is InChI=1S/C16H19BrN2OS/c1-10(2)18-16-19(11(3)4)15(20)14(21-16)9-12-6-5-7-13(17)8-12/h5-11H,1-4H3/b14-9+,18-16?. The first-order valence-electron chi connectivity index (χ1n) is 6.95. The van der Waals surface area contributed by atoms with Crippen LogP contribution in [0.5, 0.6) is 0 Å². The van der Waals surface area contributed by atoms with Crippen molar-refractivity contribution in [3.63, 3.8) is 0 Å². The third-order valence-electron chi connectivity index (χ3n) is 2.87. The predicted molar refractivity (Wildman–Crippen MR) is 94.3 cm³/mol. The summed E-state index contributed by atoms with van der Waals surface area (Å²) in [7, 11) is 0. The van der Waals surface area contributed by atoms with E-state index in [1.807, 2.05) is 58.0 Å². The van der Waals surface area contributed by atoms with Crippen LogP contribution in [0.1, 0.15) is 33.3 Å². The summed E-state index contributed by atoms with van der Waals surface area (Å²) < 4.78 is 1.00. The molecule has 112 valence electrons. The minimum Gasteiger partial charge on any atom is -0.284 e. The lowest BCUT2D eigenvalue weighted by atomic mass is 10.2. The van der Waals surface area contributed by atoms with Gasteiger partial charge in [-0.2, -0.15) is 0 Å². The van der Waals surface area contributed by atoms with Gasteiger partial charge in [0.25, 0.3) is 5.91 Å². The number of hydrogen-bond acceptors (Lipinski definition) is 3. The Bertz CT molecular complexity index is 608. The molecule has 0 unspecified atom stereocenters. The van der Waals surface area contributed by atoms with Gasteiger partial charge >= 0.3 is 0 Å². The van der Waals surface area contributed by atoms with Crippen molar-refractivity contribution in [2.24, 2.45) is 4.99 Å². The molecule has 21 heavy (non-hydrogen) atoms. The Balaban J connectivity index is 2.36. The number of rotatable bonds is 3. The number of amides is 1. The molecule has 0 aliphatic carbocycles. The highest BCUT2D eigenvalue weighted by Crippen LogP contribution is 2.34. The first-order valence-corrected chi connectivity index (χ1v) is 8.56. The molecule has 1 heterocycles. The number of halogens is 1. The van der Waals surface area contributed by atoms with Gasteiger partial charge in [0, 0.05) is 16.6 Å². The minimum atomic E-state index is 0.0365. The zero-order valence-corrected chi connectivity index (χ0v) is 15.0. The summed E-state index contributed by atoms with van der Waals surface area (Å²) in [6.45, 7) is 8.06. The van der Waals surface area contributed by atoms with Gasteiger partial charge in [-0.15, -0.1) is 0 Å². The SMILES string of the molecule is CC(C)N=C1S/C(=C/c2cccc(Br)c2)C(=O)N1C(C)C. The average Bonchev–Trinajstić information content (AvgIpc) is 2.65. The maximum Gasteiger partial charge on any atom is 0.266 e. The van der Waals surface area contributed by atoms with Crippen LogP contribution in [0.15, 0.2) is 38.6 Å². The number of amidine groups is 1. The Labute approximate surface area is 138 Å². The number of thioether (sulfide) groups is 1. The molecule has 0 saturated carbocycles. The number of carbonyl (C=O) groups excluding carboxylic acids is 1. The van der Waals surface area contributed by atoms with Crippen LogP contribution in [0.2, 0.25) is 0 Å². The van der Waals surface area contributed by atoms with Crippen molar-refractivity contribution in [2.45, 2.75) is 39.8 Å². The lowest BCUT2D eigenvalue weighted by molar-refractivity contribution is -0.123. The summed E-state index contributed by atoms with van der Waals surface area (Å²) in [6, 6.07) is 8.20. The van der Waals surface area contributed by atoms with E-state index < -0.39 is 0 Å². The molecule has 0 N–H and O–H groups in total. The zero-order chi connectivity index (χ0) is 15.6. The van der Waals surface area contributed by atoms with Gasteiger partial charge in [0.05, 0.1) is 4.91 Å². The van der Waals surface area contributed by atoms with Crippen LogP contribution < -0.4 is 0 Å². The van der Waals surface area contributed by atoms with Gasteiger partial charge < -0.3 is 0 Å². The molecule has 1 aliphatic heterocycles. The van der Waals surface area contributed by atoms with E-state index in [1.54, 1.807) is 4.90 Å². The molecule has 0 bridgehead atoms. The number of aliphatic imine (C=N–C) groups is 1. The van der Waals surface area contributed by atoms with Crippen LogP contribution in [0.3, 0.4) is 0 Å². The van der Waals surface area contributed by atoms with Gasteiger partial charge in [0.2, 0.25) is 0 Å². The smallest absolute Gasteiger partial charge is 0.266 e. The van der Waals surface area contributed by atoms with E-state index >= 15 is 0 Å². The molecule has 0 aromatic heterocycles. The number of hydrogen-bond donors (Lipinski definition) is 0. The summed E-state index contributed by atoms with van der Waals surface area (Å²) in [5.41, 5.74) is 1.01. The average molecular weight is 367 g/mol. The molecule has 1 aromatic carbocycles. The van der Waals surface area contributed by atoms with Crippen LogP contribution in [0.4, 0.5) is 0 Å². The zero-order valence-electron chi connectivity index (χ0n) is 12.6. The first-order chi connectivity index (χ1) is 9.88. The topological polar surface area (TPSA) is 32.7 Å². The summed E-state index contributed by atoms with van der Waals surface area (Å²) in [5.74, 6) is 0.0365. The van der Waals surface area contributed by atoms with Crippen LogP contribution in [0.25, 0.3) is 6.08 Å². The maximum atomic E-state index is 12.6. The number of nitrogens with zero attached hydrogens (tertiary/aromatic N) is 2. The second-order valence-corrected chi connectivity index (χ2v) is 7.36. The second-order valence-electron chi connectivity index (χ2n) is 5.44. The highest BCUT2D eigenvalue weighted by Gasteiger charge is 2.35. The van der Waals surface area contributed by atoms with Crippen molar-refractivity contribution in [3.05, 3.63) is 39.2 Å².